The first-order valence-corrected chi connectivity index (χ1v) is 8.95. The summed E-state index contributed by atoms with van der Waals surface area (Å²) >= 11 is 0. The third-order valence-corrected chi connectivity index (χ3v) is 5.21. The number of rotatable bonds is 3. The molecule has 1 atom stereocenters. The Morgan fingerprint density at radius 2 is 2.19 bits per heavy atom. The van der Waals surface area contributed by atoms with Crippen molar-refractivity contribution in [2.75, 3.05) is 24.5 Å². The molecule has 0 amide bonds. The number of carboxylic acid groups (broad SMARTS) is 1. The van der Waals surface area contributed by atoms with Gasteiger partial charge in [-0.1, -0.05) is 0 Å². The van der Waals surface area contributed by atoms with Crippen LogP contribution in [0.1, 0.15) is 41.7 Å². The largest absolute Gasteiger partial charge is 0.477 e. The summed E-state index contributed by atoms with van der Waals surface area (Å²) in [7, 11) is 0. The maximum Gasteiger partial charge on any atom is 0.341 e. The minimum absolute atomic E-state index is 0.0264. The third-order valence-electron chi connectivity index (χ3n) is 5.21. The van der Waals surface area contributed by atoms with Gasteiger partial charge in [0.05, 0.1) is 16.6 Å². The molecule has 2 aliphatic rings. The number of halogens is 1. The molecule has 27 heavy (non-hydrogen) atoms. The van der Waals surface area contributed by atoms with E-state index in [4.69, 9.17) is 0 Å². The Hall–Kier alpha value is -2.92. The molecule has 7 nitrogen and oxygen atoms in total. The second kappa shape index (κ2) is 6.35. The van der Waals surface area contributed by atoms with E-state index in [9.17, 15) is 20.0 Å². The predicted octanol–water partition coefficient (Wildman–Crippen LogP) is 1.84. The number of aromatic nitrogens is 1. The molecule has 2 aromatic rings. The van der Waals surface area contributed by atoms with E-state index in [2.05, 4.69) is 11.4 Å². The van der Waals surface area contributed by atoms with Crippen LogP contribution in [0, 0.1) is 17.1 Å². The van der Waals surface area contributed by atoms with Gasteiger partial charge in [-0.25, -0.2) is 9.18 Å². The average Bonchev–Trinajstić information content (AvgIpc) is 3.46. The highest BCUT2D eigenvalue weighted by molar-refractivity contribution is 5.96. The maximum atomic E-state index is 15.0. The number of benzene rings is 1. The lowest BCUT2D eigenvalue weighted by Crippen LogP contribution is -2.49. The van der Waals surface area contributed by atoms with E-state index in [0.29, 0.717) is 25.2 Å². The Kier molecular flexibility index (Phi) is 4.12. The molecule has 1 unspecified atom stereocenters. The van der Waals surface area contributed by atoms with Gasteiger partial charge in [-0.05, 0) is 25.8 Å². The van der Waals surface area contributed by atoms with Gasteiger partial charge in [0.25, 0.3) is 0 Å². The van der Waals surface area contributed by atoms with Crippen molar-refractivity contribution in [3.8, 4) is 6.07 Å². The molecule has 0 spiro atoms. The minimum atomic E-state index is -1.35. The van der Waals surface area contributed by atoms with Crippen LogP contribution in [0.25, 0.3) is 10.9 Å². The molecule has 2 N–H and O–H groups in total. The number of nitrogens with one attached hydrogen (secondary N) is 1. The van der Waals surface area contributed by atoms with Crippen molar-refractivity contribution in [3.63, 3.8) is 0 Å². The molecule has 1 aliphatic carbocycles. The van der Waals surface area contributed by atoms with E-state index < -0.39 is 22.8 Å². The van der Waals surface area contributed by atoms with Crippen LogP contribution >= 0.6 is 0 Å². The molecule has 2 fully saturated rings. The number of piperazine rings is 1. The van der Waals surface area contributed by atoms with Gasteiger partial charge in [-0.15, -0.1) is 0 Å². The highest BCUT2D eigenvalue weighted by Gasteiger charge is 2.31. The summed E-state index contributed by atoms with van der Waals surface area (Å²) in [4.78, 5) is 25.9. The summed E-state index contributed by atoms with van der Waals surface area (Å²) in [6.45, 7) is 3.73. The Labute approximate surface area is 154 Å². The molecule has 1 saturated heterocycles. The van der Waals surface area contributed by atoms with Crippen LogP contribution in [0.2, 0.25) is 0 Å². The molecule has 1 aliphatic heterocycles. The van der Waals surface area contributed by atoms with E-state index >= 15 is 4.39 Å². The summed E-state index contributed by atoms with van der Waals surface area (Å²) in [5.74, 6) is -2.02. The Morgan fingerprint density at radius 3 is 2.78 bits per heavy atom. The van der Waals surface area contributed by atoms with Crippen molar-refractivity contribution in [2.24, 2.45) is 0 Å². The highest BCUT2D eigenvalue weighted by atomic mass is 19.1. The molecule has 140 valence electrons. The normalized spacial score (nSPS) is 19.9. The van der Waals surface area contributed by atoms with E-state index in [1.165, 1.54) is 6.20 Å². The van der Waals surface area contributed by atoms with Crippen molar-refractivity contribution in [1.29, 1.82) is 5.26 Å². The van der Waals surface area contributed by atoms with E-state index in [1.807, 2.05) is 11.8 Å². The van der Waals surface area contributed by atoms with Gasteiger partial charge in [-0.3, -0.25) is 4.79 Å². The van der Waals surface area contributed by atoms with Crippen LogP contribution in [-0.4, -0.2) is 41.3 Å². The zero-order chi connectivity index (χ0) is 19.3. The lowest BCUT2D eigenvalue weighted by Gasteiger charge is -2.34. The maximum absolute atomic E-state index is 15.0. The van der Waals surface area contributed by atoms with Gasteiger partial charge in [-0.2, -0.15) is 5.26 Å². The quantitative estimate of drug-likeness (QED) is 0.856. The highest BCUT2D eigenvalue weighted by Crippen LogP contribution is 2.40. The number of hydrogen-bond donors (Lipinski definition) is 2. The van der Waals surface area contributed by atoms with Crippen LogP contribution in [0.4, 0.5) is 10.1 Å². The summed E-state index contributed by atoms with van der Waals surface area (Å²) in [5, 5.41) is 22.4. The third kappa shape index (κ3) is 2.84. The second-order valence-corrected chi connectivity index (χ2v) is 7.21. The zero-order valence-electron chi connectivity index (χ0n) is 14.8. The van der Waals surface area contributed by atoms with Gasteiger partial charge >= 0.3 is 5.97 Å². The number of anilines is 1. The number of nitriles is 1. The minimum Gasteiger partial charge on any atom is -0.477 e. The second-order valence-electron chi connectivity index (χ2n) is 7.21. The summed E-state index contributed by atoms with van der Waals surface area (Å²) < 4.78 is 16.7. The summed E-state index contributed by atoms with van der Waals surface area (Å²) in [5.41, 5.74) is -0.542. The molecule has 1 aromatic heterocycles. The molecule has 0 bridgehead atoms. The molecule has 4 rings (SSSR count). The molecule has 1 saturated carbocycles. The zero-order valence-corrected chi connectivity index (χ0v) is 14.8. The Morgan fingerprint density at radius 1 is 1.44 bits per heavy atom. The molecular weight excluding hydrogens is 351 g/mol. The van der Waals surface area contributed by atoms with Gasteiger partial charge in [0.2, 0.25) is 5.43 Å². The fraction of sp³-hybridized carbons (Fsp3) is 0.421. The van der Waals surface area contributed by atoms with Crippen molar-refractivity contribution < 1.29 is 14.3 Å². The number of nitrogens with zero attached hydrogens (tertiary/aromatic N) is 3. The van der Waals surface area contributed by atoms with Gasteiger partial charge in [0.15, 0.2) is 0 Å². The summed E-state index contributed by atoms with van der Waals surface area (Å²) in [6.07, 6.45) is 2.96. The van der Waals surface area contributed by atoms with E-state index in [0.717, 1.165) is 18.9 Å². The van der Waals surface area contributed by atoms with Crippen LogP contribution in [0.15, 0.2) is 17.1 Å². The van der Waals surface area contributed by atoms with Crippen LogP contribution < -0.4 is 15.6 Å². The smallest absolute Gasteiger partial charge is 0.341 e. The predicted molar refractivity (Wildman–Crippen MR) is 97.8 cm³/mol. The monoisotopic (exact) mass is 370 g/mol. The number of carboxylic acids is 1. The SMILES string of the molecule is CC1CN(c2c(F)cc3c(=O)c(C(=O)O)cn(C4CC4)c3c2C#N)CCN1. The first kappa shape index (κ1) is 17.5. The number of hydrogen-bond acceptors (Lipinski definition) is 5. The number of fused-ring (bicyclic) bond motifs is 1. The van der Waals surface area contributed by atoms with Crippen molar-refractivity contribution in [2.45, 2.75) is 31.8 Å². The lowest BCUT2D eigenvalue weighted by molar-refractivity contribution is 0.0695. The van der Waals surface area contributed by atoms with Crippen LogP contribution in [0.3, 0.4) is 0 Å². The first-order chi connectivity index (χ1) is 12.9. The molecule has 0 radical (unpaired) electrons. The van der Waals surface area contributed by atoms with Crippen molar-refractivity contribution >= 4 is 22.6 Å². The molecule has 2 heterocycles. The number of pyridine rings is 1. The van der Waals surface area contributed by atoms with Crippen molar-refractivity contribution in [1.82, 2.24) is 9.88 Å². The topological polar surface area (TPSA) is 98.4 Å². The van der Waals surface area contributed by atoms with Gasteiger partial charge in [0.1, 0.15) is 23.0 Å². The van der Waals surface area contributed by atoms with Crippen molar-refractivity contribution in [3.05, 3.63) is 39.4 Å². The van der Waals surface area contributed by atoms with E-state index in [1.54, 1.807) is 4.57 Å². The van der Waals surface area contributed by atoms with Gasteiger partial charge < -0.3 is 19.9 Å². The fourth-order valence-corrected chi connectivity index (χ4v) is 3.82. The number of carbonyl (C=O) groups is 1. The van der Waals surface area contributed by atoms with Gasteiger partial charge in [0, 0.05) is 37.9 Å². The Bertz CT molecular complexity index is 1050. The van der Waals surface area contributed by atoms with E-state index in [-0.39, 0.29) is 28.7 Å². The molecule has 1 aromatic carbocycles. The van der Waals surface area contributed by atoms with Crippen LogP contribution in [-0.2, 0) is 0 Å². The average molecular weight is 370 g/mol. The summed E-state index contributed by atoms with van der Waals surface area (Å²) in [6, 6.07) is 3.34. The Balaban J connectivity index is 2.05. The first-order valence-electron chi connectivity index (χ1n) is 8.95. The molecular formula is C19H19FN4O3. The molecule has 8 heteroatoms. The standard InChI is InChI=1S/C19H19FN4O3/c1-10-8-23(5-4-22-10)17-13(7-21)16-12(6-15(17)20)18(25)14(19(26)27)9-24(16)11-2-3-11/h6,9-11,22H,2-5,8H2,1H3,(H,26,27). The van der Waals surface area contributed by atoms with Crippen LogP contribution in [0.5, 0.6) is 0 Å². The fourth-order valence-electron chi connectivity index (χ4n) is 3.82. The number of aromatic carboxylic acids is 1. The lowest BCUT2D eigenvalue weighted by atomic mass is 10.0.